The molecule has 3 N–H and O–H groups in total. The van der Waals surface area contributed by atoms with Crippen molar-refractivity contribution in [3.8, 4) is 0 Å². The molecule has 1 aromatic carbocycles. The molecule has 0 heterocycles. The number of hydrogen-bond acceptors (Lipinski definition) is 2. The lowest BCUT2D eigenvalue weighted by Gasteiger charge is -2.37. The van der Waals surface area contributed by atoms with Crippen LogP contribution in [-0.4, -0.2) is 18.0 Å². The summed E-state index contributed by atoms with van der Waals surface area (Å²) in [4.78, 5) is 12.6. The van der Waals surface area contributed by atoms with Crippen molar-refractivity contribution in [2.45, 2.75) is 63.3 Å². The van der Waals surface area contributed by atoms with Crippen LogP contribution in [0.2, 0.25) is 0 Å². The summed E-state index contributed by atoms with van der Waals surface area (Å²) >= 11 is 0. The standard InChI is InChI=1S/C19H28N2O/c1-19(20)12-5-4-11-17(19)18(22)21-13-15-9-6-8-14-7-2-3-10-16(14)15/h2-3,7,10,15,17H,4-6,8-9,11-13,20H2,1H3,(H,21,22). The van der Waals surface area contributed by atoms with Gasteiger partial charge in [-0.15, -0.1) is 0 Å². The van der Waals surface area contributed by atoms with Crippen molar-refractivity contribution in [2.75, 3.05) is 6.54 Å². The summed E-state index contributed by atoms with van der Waals surface area (Å²) in [5.74, 6) is 0.592. The smallest absolute Gasteiger partial charge is 0.224 e. The van der Waals surface area contributed by atoms with Crippen LogP contribution in [-0.2, 0) is 11.2 Å². The predicted molar refractivity (Wildman–Crippen MR) is 89.7 cm³/mol. The molecular weight excluding hydrogens is 272 g/mol. The van der Waals surface area contributed by atoms with E-state index in [0.717, 1.165) is 32.2 Å². The Labute approximate surface area is 133 Å². The highest BCUT2D eigenvalue weighted by atomic mass is 16.1. The van der Waals surface area contributed by atoms with Crippen LogP contribution in [0.3, 0.4) is 0 Å². The van der Waals surface area contributed by atoms with Crippen molar-refractivity contribution in [1.82, 2.24) is 5.32 Å². The molecule has 3 heteroatoms. The van der Waals surface area contributed by atoms with Gasteiger partial charge in [0.2, 0.25) is 5.91 Å². The van der Waals surface area contributed by atoms with Gasteiger partial charge in [-0.1, -0.05) is 37.1 Å². The van der Waals surface area contributed by atoms with Gasteiger partial charge in [0.05, 0.1) is 5.92 Å². The maximum atomic E-state index is 12.6. The van der Waals surface area contributed by atoms with Crippen LogP contribution < -0.4 is 11.1 Å². The Morgan fingerprint density at radius 2 is 2.09 bits per heavy atom. The minimum absolute atomic E-state index is 0.0277. The van der Waals surface area contributed by atoms with Gasteiger partial charge in [-0.05, 0) is 50.2 Å². The number of fused-ring (bicyclic) bond motifs is 1. The highest BCUT2D eigenvalue weighted by Crippen LogP contribution is 2.33. The van der Waals surface area contributed by atoms with Gasteiger partial charge in [-0.25, -0.2) is 0 Å². The minimum atomic E-state index is -0.340. The monoisotopic (exact) mass is 300 g/mol. The molecule has 0 aromatic heterocycles. The van der Waals surface area contributed by atoms with Crippen molar-refractivity contribution in [1.29, 1.82) is 0 Å². The van der Waals surface area contributed by atoms with Crippen molar-refractivity contribution in [3.63, 3.8) is 0 Å². The normalized spacial score (nSPS) is 31.4. The second-order valence-electron chi connectivity index (χ2n) is 7.34. The number of rotatable bonds is 3. The minimum Gasteiger partial charge on any atom is -0.355 e. The van der Waals surface area contributed by atoms with Crippen molar-refractivity contribution in [3.05, 3.63) is 35.4 Å². The fourth-order valence-corrected chi connectivity index (χ4v) is 4.20. The fourth-order valence-electron chi connectivity index (χ4n) is 4.20. The lowest BCUT2D eigenvalue weighted by molar-refractivity contribution is -0.128. The first kappa shape index (κ1) is 15.5. The second-order valence-corrected chi connectivity index (χ2v) is 7.34. The molecule has 3 unspecified atom stereocenters. The molecular formula is C19H28N2O. The van der Waals surface area contributed by atoms with E-state index in [1.807, 2.05) is 6.92 Å². The fraction of sp³-hybridized carbons (Fsp3) is 0.632. The number of carbonyl (C=O) groups excluding carboxylic acids is 1. The average Bonchev–Trinajstić information content (AvgIpc) is 2.52. The summed E-state index contributed by atoms with van der Waals surface area (Å²) < 4.78 is 0. The van der Waals surface area contributed by atoms with Crippen LogP contribution in [0.5, 0.6) is 0 Å². The zero-order valence-corrected chi connectivity index (χ0v) is 13.6. The number of hydrogen-bond donors (Lipinski definition) is 2. The molecule has 3 nitrogen and oxygen atoms in total. The quantitative estimate of drug-likeness (QED) is 0.901. The van der Waals surface area contributed by atoms with Gasteiger partial charge in [0.25, 0.3) is 0 Å². The molecule has 3 atom stereocenters. The number of nitrogens with one attached hydrogen (secondary N) is 1. The Morgan fingerprint density at radius 1 is 1.27 bits per heavy atom. The Kier molecular flexibility index (Phi) is 4.53. The Morgan fingerprint density at radius 3 is 2.91 bits per heavy atom. The topological polar surface area (TPSA) is 55.1 Å². The number of nitrogens with two attached hydrogens (primary N) is 1. The molecule has 1 amide bonds. The third kappa shape index (κ3) is 3.19. The van der Waals surface area contributed by atoms with E-state index in [4.69, 9.17) is 5.73 Å². The Bertz CT molecular complexity index is 538. The van der Waals surface area contributed by atoms with Gasteiger partial charge >= 0.3 is 0 Å². The Balaban J connectivity index is 1.62. The van der Waals surface area contributed by atoms with Gasteiger partial charge < -0.3 is 11.1 Å². The van der Waals surface area contributed by atoms with E-state index in [1.165, 1.54) is 30.4 Å². The SMILES string of the molecule is CC1(N)CCCCC1C(=O)NCC1CCCc2ccccc21. The maximum Gasteiger partial charge on any atom is 0.224 e. The second kappa shape index (κ2) is 6.41. The summed E-state index contributed by atoms with van der Waals surface area (Å²) in [6, 6.07) is 8.67. The number of amides is 1. The molecule has 3 rings (SSSR count). The molecule has 22 heavy (non-hydrogen) atoms. The van der Waals surface area contributed by atoms with Crippen molar-refractivity contribution >= 4 is 5.91 Å². The van der Waals surface area contributed by atoms with Crippen molar-refractivity contribution in [2.24, 2.45) is 11.7 Å². The summed E-state index contributed by atoms with van der Waals surface area (Å²) in [7, 11) is 0. The number of aryl methyl sites for hydroxylation is 1. The molecule has 1 aromatic rings. The molecule has 120 valence electrons. The van der Waals surface area contributed by atoms with Crippen molar-refractivity contribution < 1.29 is 4.79 Å². The van der Waals surface area contributed by atoms with Gasteiger partial charge in [0.1, 0.15) is 0 Å². The van der Waals surface area contributed by atoms with E-state index < -0.39 is 0 Å². The molecule has 0 spiro atoms. The molecule has 0 radical (unpaired) electrons. The first-order chi connectivity index (χ1) is 10.6. The largest absolute Gasteiger partial charge is 0.355 e. The number of carbonyl (C=O) groups is 1. The van der Waals surface area contributed by atoms with Crippen LogP contribution in [0, 0.1) is 5.92 Å². The first-order valence-electron chi connectivity index (χ1n) is 8.72. The Hall–Kier alpha value is -1.35. The van der Waals surface area contributed by atoms with Crippen LogP contribution in [0.15, 0.2) is 24.3 Å². The van der Waals surface area contributed by atoms with Crippen LogP contribution in [0.1, 0.15) is 62.5 Å². The van der Waals surface area contributed by atoms with Gasteiger partial charge in [0.15, 0.2) is 0 Å². The summed E-state index contributed by atoms with van der Waals surface area (Å²) in [5.41, 5.74) is 8.88. The summed E-state index contributed by atoms with van der Waals surface area (Å²) in [6.45, 7) is 2.79. The van der Waals surface area contributed by atoms with E-state index in [2.05, 4.69) is 29.6 Å². The third-order valence-corrected chi connectivity index (χ3v) is 5.59. The lowest BCUT2D eigenvalue weighted by Crippen LogP contribution is -2.53. The number of benzene rings is 1. The molecule has 0 bridgehead atoms. The van der Waals surface area contributed by atoms with Crippen LogP contribution in [0.25, 0.3) is 0 Å². The molecule has 0 saturated heterocycles. The molecule has 2 aliphatic carbocycles. The summed E-state index contributed by atoms with van der Waals surface area (Å²) in [6.07, 6.45) is 7.71. The van der Waals surface area contributed by atoms with E-state index >= 15 is 0 Å². The maximum absolute atomic E-state index is 12.6. The van der Waals surface area contributed by atoms with Gasteiger partial charge in [-0.3, -0.25) is 4.79 Å². The predicted octanol–water partition coefficient (Wildman–Crippen LogP) is 3.13. The first-order valence-corrected chi connectivity index (χ1v) is 8.72. The van der Waals surface area contributed by atoms with E-state index in [0.29, 0.717) is 5.92 Å². The van der Waals surface area contributed by atoms with E-state index in [1.54, 1.807) is 0 Å². The lowest BCUT2D eigenvalue weighted by atomic mass is 9.74. The third-order valence-electron chi connectivity index (χ3n) is 5.59. The molecule has 2 aliphatic rings. The highest BCUT2D eigenvalue weighted by Gasteiger charge is 2.37. The zero-order valence-electron chi connectivity index (χ0n) is 13.6. The highest BCUT2D eigenvalue weighted by molar-refractivity contribution is 5.80. The van der Waals surface area contributed by atoms with Gasteiger partial charge in [0, 0.05) is 18.0 Å². The zero-order chi connectivity index (χ0) is 15.6. The van der Waals surface area contributed by atoms with E-state index in [9.17, 15) is 4.79 Å². The van der Waals surface area contributed by atoms with Gasteiger partial charge in [-0.2, -0.15) is 0 Å². The summed E-state index contributed by atoms with van der Waals surface area (Å²) in [5, 5.41) is 3.20. The molecule has 0 aliphatic heterocycles. The molecule has 1 saturated carbocycles. The average molecular weight is 300 g/mol. The van der Waals surface area contributed by atoms with Crippen LogP contribution in [0.4, 0.5) is 0 Å². The van der Waals surface area contributed by atoms with Crippen LogP contribution >= 0.6 is 0 Å². The van der Waals surface area contributed by atoms with E-state index in [-0.39, 0.29) is 17.4 Å². The molecule has 1 fully saturated rings.